The maximum Gasteiger partial charge on any atom is 0.0178 e. The zero-order valence-electron chi connectivity index (χ0n) is 11.0. The lowest BCUT2D eigenvalue weighted by molar-refractivity contribution is 0.199. The van der Waals surface area contributed by atoms with Gasteiger partial charge in [-0.1, -0.05) is 35.0 Å². The minimum Gasteiger partial charge on any atom is -0.312 e. The molecule has 2 rings (SSSR count). The lowest BCUT2D eigenvalue weighted by Crippen LogP contribution is -2.49. The predicted octanol–water partition coefficient (Wildman–Crippen LogP) is 3.27. The van der Waals surface area contributed by atoms with Crippen LogP contribution in [0.25, 0.3) is 0 Å². The molecule has 102 valence electrons. The van der Waals surface area contributed by atoms with Crippen molar-refractivity contribution < 1.29 is 0 Å². The third-order valence-electron chi connectivity index (χ3n) is 3.40. The van der Waals surface area contributed by atoms with Gasteiger partial charge >= 0.3 is 0 Å². The van der Waals surface area contributed by atoms with Gasteiger partial charge in [-0.3, -0.25) is 4.90 Å². The van der Waals surface area contributed by atoms with E-state index in [1.807, 2.05) is 0 Å². The van der Waals surface area contributed by atoms with Gasteiger partial charge in [0.05, 0.1) is 0 Å². The van der Waals surface area contributed by atoms with E-state index in [0.717, 1.165) is 13.1 Å². The summed E-state index contributed by atoms with van der Waals surface area (Å²) in [5.41, 5.74) is 1.42. The summed E-state index contributed by atoms with van der Waals surface area (Å²) < 4.78 is 1.18. The Morgan fingerprint density at radius 2 is 2.28 bits per heavy atom. The van der Waals surface area contributed by atoms with E-state index in [1.165, 1.54) is 23.1 Å². The van der Waals surface area contributed by atoms with Crippen LogP contribution in [0.2, 0.25) is 0 Å². The zero-order chi connectivity index (χ0) is 12.3. The van der Waals surface area contributed by atoms with Crippen LogP contribution >= 0.6 is 28.3 Å². The first-order valence-corrected chi connectivity index (χ1v) is 7.15. The zero-order valence-corrected chi connectivity index (χ0v) is 13.4. The van der Waals surface area contributed by atoms with Crippen molar-refractivity contribution in [2.45, 2.75) is 25.8 Å². The highest BCUT2D eigenvalue weighted by Crippen LogP contribution is 2.21. The number of nitrogens with one attached hydrogen (secondary N) is 1. The fraction of sp³-hybridized carbons (Fsp3) is 0.571. The van der Waals surface area contributed by atoms with Crippen molar-refractivity contribution in [3.05, 3.63) is 34.3 Å². The van der Waals surface area contributed by atoms with Gasteiger partial charge < -0.3 is 5.32 Å². The summed E-state index contributed by atoms with van der Waals surface area (Å²) in [5.74, 6) is 0.595. The lowest BCUT2D eigenvalue weighted by Gasteiger charge is -2.33. The van der Waals surface area contributed by atoms with Gasteiger partial charge in [0.25, 0.3) is 0 Å². The van der Waals surface area contributed by atoms with E-state index in [4.69, 9.17) is 0 Å². The van der Waals surface area contributed by atoms with Crippen LogP contribution in [0.3, 0.4) is 0 Å². The van der Waals surface area contributed by atoms with Gasteiger partial charge in [-0.25, -0.2) is 0 Å². The summed E-state index contributed by atoms with van der Waals surface area (Å²) in [4.78, 5) is 2.56. The Balaban J connectivity index is 0.00000162. The third-order valence-corrected chi connectivity index (χ3v) is 3.90. The lowest BCUT2D eigenvalue weighted by atomic mass is 10.0. The maximum atomic E-state index is 3.54. The molecule has 0 aromatic heterocycles. The number of piperazine rings is 1. The highest BCUT2D eigenvalue weighted by molar-refractivity contribution is 9.10. The van der Waals surface area contributed by atoms with Crippen LogP contribution in [0.5, 0.6) is 0 Å². The van der Waals surface area contributed by atoms with Crippen molar-refractivity contribution in [3.63, 3.8) is 0 Å². The molecule has 1 aromatic rings. The van der Waals surface area contributed by atoms with Crippen LogP contribution in [0.15, 0.2) is 28.7 Å². The average molecular weight is 334 g/mol. The monoisotopic (exact) mass is 332 g/mol. The molecular formula is C14H22BrClN2. The molecule has 0 amide bonds. The van der Waals surface area contributed by atoms with Crippen LogP contribution in [-0.2, 0) is 0 Å². The normalized spacial score (nSPS) is 22.3. The predicted molar refractivity (Wildman–Crippen MR) is 83.7 cm³/mol. The highest BCUT2D eigenvalue weighted by Gasteiger charge is 2.18. The summed E-state index contributed by atoms with van der Waals surface area (Å²) in [7, 11) is 0. The molecule has 1 N–H and O–H groups in total. The summed E-state index contributed by atoms with van der Waals surface area (Å²) in [6.07, 6.45) is 0. The van der Waals surface area contributed by atoms with Gasteiger partial charge in [0.15, 0.2) is 0 Å². The molecule has 1 heterocycles. The number of rotatable bonds is 3. The van der Waals surface area contributed by atoms with E-state index >= 15 is 0 Å². The Bertz CT molecular complexity index is 373. The maximum absolute atomic E-state index is 3.54. The highest BCUT2D eigenvalue weighted by atomic mass is 79.9. The fourth-order valence-corrected chi connectivity index (χ4v) is 2.90. The van der Waals surface area contributed by atoms with E-state index in [1.54, 1.807) is 0 Å². The largest absolute Gasteiger partial charge is 0.312 e. The van der Waals surface area contributed by atoms with Crippen molar-refractivity contribution in [2.24, 2.45) is 0 Å². The molecule has 0 spiro atoms. The summed E-state index contributed by atoms with van der Waals surface area (Å²) in [5, 5.41) is 3.48. The molecule has 4 heteroatoms. The Labute approximate surface area is 125 Å². The van der Waals surface area contributed by atoms with Crippen molar-refractivity contribution in [1.29, 1.82) is 0 Å². The van der Waals surface area contributed by atoms with Crippen LogP contribution in [0.4, 0.5) is 0 Å². The van der Waals surface area contributed by atoms with Gasteiger partial charge in [0, 0.05) is 36.7 Å². The molecule has 0 radical (unpaired) electrons. The van der Waals surface area contributed by atoms with E-state index in [-0.39, 0.29) is 12.4 Å². The van der Waals surface area contributed by atoms with Gasteiger partial charge in [0.2, 0.25) is 0 Å². The molecule has 1 aliphatic heterocycles. The molecule has 1 aromatic carbocycles. The molecule has 0 bridgehead atoms. The Kier molecular flexibility index (Phi) is 6.64. The Hall–Kier alpha value is -0.0900. The quantitative estimate of drug-likeness (QED) is 0.913. The van der Waals surface area contributed by atoms with Crippen molar-refractivity contribution in [3.8, 4) is 0 Å². The SMILES string of the molecule is CC(CN1CCN[C@@H](C)C1)c1cccc(Br)c1.Cl. The number of hydrogen-bond acceptors (Lipinski definition) is 2. The number of hydrogen-bond donors (Lipinski definition) is 1. The minimum absolute atomic E-state index is 0. The Morgan fingerprint density at radius 1 is 1.50 bits per heavy atom. The molecule has 18 heavy (non-hydrogen) atoms. The van der Waals surface area contributed by atoms with E-state index in [0.29, 0.717) is 12.0 Å². The van der Waals surface area contributed by atoms with Crippen molar-refractivity contribution in [1.82, 2.24) is 10.2 Å². The minimum atomic E-state index is 0. The van der Waals surface area contributed by atoms with Gasteiger partial charge in [0.1, 0.15) is 0 Å². The van der Waals surface area contributed by atoms with E-state index in [2.05, 4.69) is 64.3 Å². The first-order chi connectivity index (χ1) is 8.15. The number of nitrogens with zero attached hydrogens (tertiary/aromatic N) is 1. The Morgan fingerprint density at radius 3 is 2.94 bits per heavy atom. The topological polar surface area (TPSA) is 15.3 Å². The molecule has 0 saturated carbocycles. The van der Waals surface area contributed by atoms with Crippen LogP contribution in [-0.4, -0.2) is 37.1 Å². The third kappa shape index (κ3) is 4.54. The van der Waals surface area contributed by atoms with Crippen LogP contribution in [0, 0.1) is 0 Å². The van der Waals surface area contributed by atoms with Crippen LogP contribution in [0.1, 0.15) is 25.3 Å². The van der Waals surface area contributed by atoms with Crippen LogP contribution < -0.4 is 5.32 Å². The standard InChI is InChI=1S/C14H21BrN2.ClH/c1-11(13-4-3-5-14(15)8-13)9-17-7-6-16-12(2)10-17;/h3-5,8,11-12,16H,6-7,9-10H2,1-2H3;1H/t11?,12-;/m0./s1. The first-order valence-electron chi connectivity index (χ1n) is 6.36. The molecule has 2 atom stereocenters. The van der Waals surface area contributed by atoms with Gasteiger partial charge in [-0.2, -0.15) is 0 Å². The number of halogens is 2. The fourth-order valence-electron chi connectivity index (χ4n) is 2.48. The van der Waals surface area contributed by atoms with Gasteiger partial charge in [-0.15, -0.1) is 12.4 Å². The average Bonchev–Trinajstić information content (AvgIpc) is 2.29. The molecule has 1 saturated heterocycles. The summed E-state index contributed by atoms with van der Waals surface area (Å²) in [6, 6.07) is 9.29. The van der Waals surface area contributed by atoms with Crippen molar-refractivity contribution >= 4 is 28.3 Å². The molecule has 0 aliphatic carbocycles. The molecule has 1 aliphatic rings. The van der Waals surface area contributed by atoms with E-state index < -0.39 is 0 Å². The first kappa shape index (κ1) is 16.0. The second-order valence-electron chi connectivity index (χ2n) is 5.07. The summed E-state index contributed by atoms with van der Waals surface area (Å²) in [6.45, 7) is 9.18. The summed E-state index contributed by atoms with van der Waals surface area (Å²) >= 11 is 3.54. The molecule has 1 fully saturated rings. The number of benzene rings is 1. The molecule has 2 nitrogen and oxygen atoms in total. The van der Waals surface area contributed by atoms with E-state index in [9.17, 15) is 0 Å². The van der Waals surface area contributed by atoms with Crippen molar-refractivity contribution in [2.75, 3.05) is 26.2 Å². The second kappa shape index (κ2) is 7.49. The second-order valence-corrected chi connectivity index (χ2v) is 5.99. The molecular weight excluding hydrogens is 312 g/mol. The smallest absolute Gasteiger partial charge is 0.0178 e. The van der Waals surface area contributed by atoms with Gasteiger partial charge in [-0.05, 0) is 30.5 Å². The molecule has 1 unspecified atom stereocenters.